The highest BCUT2D eigenvalue weighted by Crippen LogP contribution is 2.07. The minimum Gasteiger partial charge on any atom is -0.312 e. The van der Waals surface area contributed by atoms with E-state index in [1.807, 2.05) is 0 Å². The molecule has 1 N–H and O–H groups in total. The van der Waals surface area contributed by atoms with Crippen molar-refractivity contribution in [2.24, 2.45) is 0 Å². The molecule has 0 amide bonds. The number of fused-ring (bicyclic) bond motifs is 1. The quantitative estimate of drug-likeness (QED) is 0.824. The number of rotatable bonds is 2. The molecule has 0 radical (unpaired) electrons. The lowest BCUT2D eigenvalue weighted by Gasteiger charge is -2.31. The van der Waals surface area contributed by atoms with E-state index >= 15 is 0 Å². The second-order valence-corrected chi connectivity index (χ2v) is 5.42. The van der Waals surface area contributed by atoms with E-state index in [1.54, 1.807) is 11.6 Å². The summed E-state index contributed by atoms with van der Waals surface area (Å²) in [6, 6.07) is 2.08. The first-order valence-electron chi connectivity index (χ1n) is 6.00. The van der Waals surface area contributed by atoms with Crippen LogP contribution in [0.4, 0.5) is 0 Å². The molecule has 96 valence electrons. The highest BCUT2D eigenvalue weighted by atomic mass is 32.1. The van der Waals surface area contributed by atoms with E-state index in [-0.39, 0.29) is 5.56 Å². The summed E-state index contributed by atoms with van der Waals surface area (Å²) in [6.45, 7) is 5.87. The van der Waals surface area contributed by atoms with E-state index in [0.29, 0.717) is 11.0 Å². The second-order valence-electron chi connectivity index (χ2n) is 4.61. The fourth-order valence-corrected chi connectivity index (χ4v) is 2.91. The first kappa shape index (κ1) is 11.8. The van der Waals surface area contributed by atoms with Crippen molar-refractivity contribution in [3.8, 4) is 0 Å². The van der Waals surface area contributed by atoms with Crippen LogP contribution in [-0.4, -0.2) is 45.2 Å². The monoisotopic (exact) mass is 265 g/mol. The van der Waals surface area contributed by atoms with Crippen LogP contribution in [0.2, 0.25) is 0 Å². The topological polar surface area (TPSA) is 62.5 Å². The maximum atomic E-state index is 11.8. The van der Waals surface area contributed by atoms with Gasteiger partial charge in [0.2, 0.25) is 4.96 Å². The van der Waals surface area contributed by atoms with Crippen LogP contribution in [0.25, 0.3) is 4.96 Å². The second kappa shape index (κ2) is 4.75. The van der Waals surface area contributed by atoms with Crippen molar-refractivity contribution in [3.05, 3.63) is 27.6 Å². The summed E-state index contributed by atoms with van der Waals surface area (Å²) >= 11 is 1.39. The first-order chi connectivity index (χ1) is 8.72. The zero-order valence-corrected chi connectivity index (χ0v) is 11.0. The molecule has 2 aromatic rings. The van der Waals surface area contributed by atoms with Crippen molar-refractivity contribution in [3.63, 3.8) is 0 Å². The van der Waals surface area contributed by atoms with Gasteiger partial charge in [-0.1, -0.05) is 11.3 Å². The molecule has 3 rings (SSSR count). The molecule has 7 heteroatoms. The molecule has 1 atom stereocenters. The van der Waals surface area contributed by atoms with E-state index in [2.05, 4.69) is 27.2 Å². The number of hydrogen-bond acceptors (Lipinski definition) is 6. The molecule has 3 heterocycles. The zero-order valence-electron chi connectivity index (χ0n) is 10.2. The van der Waals surface area contributed by atoms with Gasteiger partial charge in [0.25, 0.3) is 5.56 Å². The molecule has 1 aliphatic heterocycles. The molecule has 0 saturated carbocycles. The predicted molar refractivity (Wildman–Crippen MR) is 69.9 cm³/mol. The Bertz CT molecular complexity index is 607. The van der Waals surface area contributed by atoms with E-state index in [9.17, 15) is 4.79 Å². The largest absolute Gasteiger partial charge is 0.312 e. The number of nitrogens with zero attached hydrogens (tertiary/aromatic N) is 4. The van der Waals surface area contributed by atoms with Crippen LogP contribution in [0.3, 0.4) is 0 Å². The molecule has 0 bridgehead atoms. The highest BCUT2D eigenvalue weighted by molar-refractivity contribution is 7.14. The molecule has 1 fully saturated rings. The highest BCUT2D eigenvalue weighted by Gasteiger charge is 2.16. The van der Waals surface area contributed by atoms with Gasteiger partial charge >= 0.3 is 0 Å². The van der Waals surface area contributed by atoms with Gasteiger partial charge < -0.3 is 5.32 Å². The van der Waals surface area contributed by atoms with E-state index in [4.69, 9.17) is 0 Å². The number of piperazine rings is 1. The van der Waals surface area contributed by atoms with E-state index in [0.717, 1.165) is 31.9 Å². The molecular formula is C11H15N5OS. The summed E-state index contributed by atoms with van der Waals surface area (Å²) < 4.78 is 1.34. The maximum Gasteiger partial charge on any atom is 0.275 e. The molecule has 18 heavy (non-hydrogen) atoms. The summed E-state index contributed by atoms with van der Waals surface area (Å²) in [5.41, 5.74) is 2.37. The van der Waals surface area contributed by atoms with Gasteiger partial charge in [-0.2, -0.15) is 9.61 Å². The normalized spacial score (nSPS) is 21.5. The smallest absolute Gasteiger partial charge is 0.275 e. The molecular weight excluding hydrogens is 250 g/mol. The van der Waals surface area contributed by atoms with Crippen LogP contribution in [0.15, 0.2) is 16.4 Å². The Kier molecular flexibility index (Phi) is 3.11. The molecule has 1 saturated heterocycles. The standard InChI is InChI=1S/C11H15N5OS/c1-8-5-15(3-2-12-8)6-9-4-10(17)16-11(14-9)18-7-13-16/h4,7-8,12H,2-3,5-6H2,1H3. The molecule has 1 unspecified atom stereocenters. The SMILES string of the molecule is CC1CN(Cc2cc(=O)n3ncsc3n2)CCN1. The Morgan fingerprint density at radius 2 is 2.50 bits per heavy atom. The van der Waals surface area contributed by atoms with Crippen molar-refractivity contribution in [1.29, 1.82) is 0 Å². The lowest BCUT2D eigenvalue weighted by molar-refractivity contribution is 0.197. The van der Waals surface area contributed by atoms with Crippen molar-refractivity contribution in [2.75, 3.05) is 19.6 Å². The van der Waals surface area contributed by atoms with E-state index < -0.39 is 0 Å². The van der Waals surface area contributed by atoms with Crippen molar-refractivity contribution < 1.29 is 0 Å². The summed E-state index contributed by atoms with van der Waals surface area (Å²) in [7, 11) is 0. The fraction of sp³-hybridized carbons (Fsp3) is 0.545. The third-order valence-electron chi connectivity index (χ3n) is 3.08. The minimum absolute atomic E-state index is 0.0977. The van der Waals surface area contributed by atoms with Crippen molar-refractivity contribution in [1.82, 2.24) is 24.8 Å². The fourth-order valence-electron chi connectivity index (χ4n) is 2.27. The molecule has 0 spiro atoms. The number of hydrogen-bond donors (Lipinski definition) is 1. The van der Waals surface area contributed by atoms with Crippen LogP contribution in [-0.2, 0) is 6.54 Å². The van der Waals surface area contributed by atoms with Gasteiger partial charge in [0.1, 0.15) is 5.51 Å². The summed E-state index contributed by atoms with van der Waals surface area (Å²) in [6.07, 6.45) is 0. The van der Waals surface area contributed by atoms with Gasteiger partial charge in [0.05, 0.1) is 5.69 Å². The van der Waals surface area contributed by atoms with Crippen LogP contribution in [0, 0.1) is 0 Å². The van der Waals surface area contributed by atoms with Gasteiger partial charge in [-0.15, -0.1) is 0 Å². The summed E-state index contributed by atoms with van der Waals surface area (Å²) in [4.78, 5) is 19.3. The van der Waals surface area contributed by atoms with Crippen molar-refractivity contribution >= 4 is 16.3 Å². The van der Waals surface area contributed by atoms with Gasteiger partial charge in [-0.05, 0) is 6.92 Å². The Morgan fingerprint density at radius 3 is 3.33 bits per heavy atom. The minimum atomic E-state index is -0.0977. The molecule has 2 aromatic heterocycles. The summed E-state index contributed by atoms with van der Waals surface area (Å²) in [5.74, 6) is 0. The number of aromatic nitrogens is 3. The average Bonchev–Trinajstić information content (AvgIpc) is 2.77. The molecule has 6 nitrogen and oxygen atoms in total. The van der Waals surface area contributed by atoms with Crippen LogP contribution in [0.5, 0.6) is 0 Å². The van der Waals surface area contributed by atoms with Gasteiger partial charge in [-0.3, -0.25) is 9.69 Å². The Labute approximate surface area is 108 Å². The molecule has 1 aliphatic rings. The maximum absolute atomic E-state index is 11.8. The Morgan fingerprint density at radius 1 is 1.61 bits per heavy atom. The van der Waals surface area contributed by atoms with Crippen molar-refractivity contribution in [2.45, 2.75) is 19.5 Å². The zero-order chi connectivity index (χ0) is 12.5. The third kappa shape index (κ3) is 2.29. The number of nitrogens with one attached hydrogen (secondary N) is 1. The lowest BCUT2D eigenvalue weighted by atomic mass is 10.2. The van der Waals surface area contributed by atoms with Gasteiger partial charge in [-0.25, -0.2) is 4.98 Å². The van der Waals surface area contributed by atoms with E-state index in [1.165, 1.54) is 15.9 Å². The predicted octanol–water partition coefficient (Wildman–Crippen LogP) is -0.0553. The molecule has 0 aromatic carbocycles. The summed E-state index contributed by atoms with van der Waals surface area (Å²) in [5, 5.41) is 7.35. The third-order valence-corrected chi connectivity index (χ3v) is 3.75. The van der Waals surface area contributed by atoms with Crippen LogP contribution < -0.4 is 10.9 Å². The Balaban J connectivity index is 1.83. The molecule has 0 aliphatic carbocycles. The average molecular weight is 265 g/mol. The first-order valence-corrected chi connectivity index (χ1v) is 6.88. The van der Waals surface area contributed by atoms with Crippen LogP contribution in [0.1, 0.15) is 12.6 Å². The van der Waals surface area contributed by atoms with Gasteiger partial charge in [0, 0.05) is 38.3 Å². The Hall–Kier alpha value is -1.31. The van der Waals surface area contributed by atoms with Crippen LogP contribution >= 0.6 is 11.3 Å². The lowest BCUT2D eigenvalue weighted by Crippen LogP contribution is -2.48. The van der Waals surface area contributed by atoms with Gasteiger partial charge in [0.15, 0.2) is 0 Å².